The van der Waals surface area contributed by atoms with E-state index in [1.165, 1.54) is 7.11 Å². The lowest BCUT2D eigenvalue weighted by molar-refractivity contribution is -0.101. The number of ether oxygens (including phenoxy) is 11. The molecular formula is C44H74Cl2N9O14P. The van der Waals surface area contributed by atoms with E-state index in [-0.39, 0.29) is 24.3 Å². The average Bonchev–Trinajstić information content (AvgIpc) is 4.03. The Morgan fingerprint density at radius 3 is 2.06 bits per heavy atom. The number of aliphatic hydroxyl groups is 1. The van der Waals surface area contributed by atoms with Gasteiger partial charge in [-0.25, -0.2) is 4.68 Å². The summed E-state index contributed by atoms with van der Waals surface area (Å²) in [6.45, 7) is 11.7. The SMILES string of the molecule is CC.COCC(CO)(OCC1CCC(Nc2nc(Cl)nc(N(CCOCCOCCOCCOCc3cn(CCOCCOCCOCCOCCN)nn3)Cc3ccccc3Cl)c2C=N)O1)P(O)O. The van der Waals surface area contributed by atoms with Crippen LogP contribution in [0.1, 0.15) is 43.5 Å². The monoisotopic (exact) mass is 1050 g/mol. The van der Waals surface area contributed by atoms with Crippen molar-refractivity contribution in [2.45, 2.75) is 64.1 Å². The fourth-order valence-electron chi connectivity index (χ4n) is 6.41. The molecule has 4 rings (SSSR count). The van der Waals surface area contributed by atoms with E-state index >= 15 is 0 Å². The van der Waals surface area contributed by atoms with Crippen LogP contribution in [0.3, 0.4) is 0 Å². The molecule has 1 aliphatic heterocycles. The van der Waals surface area contributed by atoms with Crippen LogP contribution in [0, 0.1) is 5.41 Å². The first-order valence-corrected chi connectivity index (χ1v) is 25.3. The molecule has 1 aliphatic rings. The average molecular weight is 1060 g/mol. The molecule has 2 aromatic heterocycles. The van der Waals surface area contributed by atoms with E-state index < -0.39 is 32.7 Å². The van der Waals surface area contributed by atoms with Gasteiger partial charge in [-0.05, 0) is 36.1 Å². The number of aliphatic hydroxyl groups excluding tert-OH is 1. The summed E-state index contributed by atoms with van der Waals surface area (Å²) in [5, 5.41) is 28.5. The molecule has 3 aromatic rings. The molecule has 0 radical (unpaired) electrons. The van der Waals surface area contributed by atoms with E-state index in [2.05, 4.69) is 25.6 Å². The van der Waals surface area contributed by atoms with Gasteiger partial charge in [0.2, 0.25) is 13.7 Å². The van der Waals surface area contributed by atoms with E-state index in [1.807, 2.05) is 43.1 Å². The van der Waals surface area contributed by atoms with Gasteiger partial charge in [0.25, 0.3) is 0 Å². The second-order valence-corrected chi connectivity index (χ2v) is 17.1. The zero-order valence-electron chi connectivity index (χ0n) is 40.6. The zero-order valence-corrected chi connectivity index (χ0v) is 43.0. The lowest BCUT2D eigenvalue weighted by Crippen LogP contribution is -2.41. The first-order chi connectivity index (χ1) is 34.2. The second-order valence-electron chi connectivity index (χ2n) is 14.9. The van der Waals surface area contributed by atoms with E-state index in [4.69, 9.17) is 86.5 Å². The smallest absolute Gasteiger partial charge is 0.226 e. The van der Waals surface area contributed by atoms with Gasteiger partial charge in [0.05, 0.1) is 150 Å². The molecular weight excluding hydrogens is 980 g/mol. The highest BCUT2D eigenvalue weighted by Crippen LogP contribution is 2.43. The number of anilines is 2. The zero-order chi connectivity index (χ0) is 50.7. The molecule has 7 N–H and O–H groups in total. The number of halogens is 2. The van der Waals surface area contributed by atoms with Crippen LogP contribution >= 0.6 is 31.6 Å². The predicted octanol–water partition coefficient (Wildman–Crippen LogP) is 3.26. The molecule has 0 aliphatic carbocycles. The van der Waals surface area contributed by atoms with Gasteiger partial charge in [-0.1, -0.05) is 48.9 Å². The Morgan fingerprint density at radius 1 is 0.871 bits per heavy atom. The van der Waals surface area contributed by atoms with E-state index in [0.29, 0.717) is 167 Å². The highest BCUT2D eigenvalue weighted by molar-refractivity contribution is 7.46. The first kappa shape index (κ1) is 61.4. The second kappa shape index (κ2) is 37.8. The maximum absolute atomic E-state index is 9.91. The summed E-state index contributed by atoms with van der Waals surface area (Å²) in [6, 6.07) is 7.44. The molecule has 1 aromatic carbocycles. The van der Waals surface area contributed by atoms with Crippen molar-refractivity contribution in [2.24, 2.45) is 5.73 Å². The maximum Gasteiger partial charge on any atom is 0.226 e. The van der Waals surface area contributed by atoms with Gasteiger partial charge in [-0.15, -0.1) is 5.10 Å². The summed E-state index contributed by atoms with van der Waals surface area (Å²) in [7, 11) is -1.29. The third-order valence-corrected chi connectivity index (χ3v) is 11.6. The lowest BCUT2D eigenvalue weighted by Gasteiger charge is -2.32. The minimum absolute atomic E-state index is 0.0212. The van der Waals surface area contributed by atoms with Gasteiger partial charge in [-0.3, -0.25) is 0 Å². The maximum atomic E-state index is 9.91. The summed E-state index contributed by atoms with van der Waals surface area (Å²) in [4.78, 5) is 30.6. The van der Waals surface area contributed by atoms with Crippen molar-refractivity contribution in [2.75, 3.05) is 149 Å². The number of hydrogen-bond donors (Lipinski definition) is 6. The van der Waals surface area contributed by atoms with Crippen LogP contribution in [0.2, 0.25) is 10.3 Å². The Bertz CT molecular complexity index is 1820. The number of nitrogens with zero attached hydrogens (tertiary/aromatic N) is 6. The summed E-state index contributed by atoms with van der Waals surface area (Å²) in [5.41, 5.74) is 7.27. The number of nitrogens with one attached hydrogen (secondary N) is 2. The van der Waals surface area contributed by atoms with Crippen LogP contribution in [0.5, 0.6) is 0 Å². The molecule has 1 fully saturated rings. The Balaban J connectivity index is 0.00000639. The van der Waals surface area contributed by atoms with Crippen molar-refractivity contribution in [3.05, 3.63) is 57.6 Å². The summed E-state index contributed by atoms with van der Waals surface area (Å²) >= 11 is 13.1. The van der Waals surface area contributed by atoms with Crippen molar-refractivity contribution >= 4 is 49.4 Å². The van der Waals surface area contributed by atoms with Gasteiger partial charge < -0.3 is 88.4 Å². The minimum atomic E-state index is -2.66. The van der Waals surface area contributed by atoms with Crippen LogP contribution in [0.25, 0.3) is 0 Å². The number of methoxy groups -OCH3 is 1. The fourth-order valence-corrected chi connectivity index (χ4v) is 7.33. The molecule has 1 saturated heterocycles. The van der Waals surface area contributed by atoms with E-state index in [0.717, 1.165) is 11.8 Å². The quantitative estimate of drug-likeness (QED) is 0.0206. The highest BCUT2D eigenvalue weighted by atomic mass is 35.5. The predicted molar refractivity (Wildman–Crippen MR) is 264 cm³/mol. The Hall–Kier alpha value is -2.88. The normalized spacial score (nSPS) is 15.5. The van der Waals surface area contributed by atoms with Gasteiger partial charge in [0.1, 0.15) is 23.6 Å². The van der Waals surface area contributed by atoms with Gasteiger partial charge in [0.15, 0.2) is 5.34 Å². The van der Waals surface area contributed by atoms with Crippen LogP contribution < -0.4 is 16.0 Å². The summed E-state index contributed by atoms with van der Waals surface area (Å²) in [5.74, 6) is 0.673. The summed E-state index contributed by atoms with van der Waals surface area (Å²) in [6.07, 6.45) is 3.09. The van der Waals surface area contributed by atoms with E-state index in [9.17, 15) is 14.9 Å². The molecule has 0 saturated carbocycles. The largest absolute Gasteiger partial charge is 0.393 e. The molecule has 3 unspecified atom stereocenters. The molecule has 398 valence electrons. The lowest BCUT2D eigenvalue weighted by atomic mass is 10.2. The molecule has 3 heterocycles. The van der Waals surface area contributed by atoms with Gasteiger partial charge >= 0.3 is 0 Å². The van der Waals surface area contributed by atoms with Crippen molar-refractivity contribution in [1.82, 2.24) is 25.0 Å². The molecule has 0 amide bonds. The number of nitrogens with two attached hydrogens (primary N) is 1. The Kier molecular flexibility index (Phi) is 33.2. The van der Waals surface area contributed by atoms with Crippen LogP contribution in [0.4, 0.5) is 11.6 Å². The highest BCUT2D eigenvalue weighted by Gasteiger charge is 2.41. The third-order valence-electron chi connectivity index (χ3n) is 9.89. The molecule has 70 heavy (non-hydrogen) atoms. The number of hydrogen-bond acceptors (Lipinski definition) is 22. The van der Waals surface area contributed by atoms with Crippen LogP contribution in [0.15, 0.2) is 30.5 Å². The molecule has 23 nitrogen and oxygen atoms in total. The standard InChI is InChI=1S/C42H68Cl2N9O14P.C2H6/c1-57-32-42(31-54,68(55)56)66-30-35-6-7-38(67-35)47-39-36(26-46)40(49-41(44)48-39)52(27-33-4-2-3-5-37(33)43)9-12-59-15-18-62-22-23-64-24-25-65-29-34-28-53(51-50-34)10-13-60-16-19-63-21-20-61-17-14-58-11-8-45;1-2/h2-5,26,28,35,38,46,54-56H,6-25,27,29-32,45H2,1H3,(H,47,48,49);1-2H3. The first-order valence-electron chi connectivity index (χ1n) is 23.3. The molecule has 3 atom stereocenters. The summed E-state index contributed by atoms with van der Waals surface area (Å²) < 4.78 is 63.3. The van der Waals surface area contributed by atoms with Crippen molar-refractivity contribution in [1.29, 1.82) is 5.41 Å². The van der Waals surface area contributed by atoms with Crippen LogP contribution in [-0.2, 0) is 71.8 Å². The van der Waals surface area contributed by atoms with E-state index in [1.54, 1.807) is 10.7 Å². The number of rotatable bonds is 41. The van der Waals surface area contributed by atoms with Crippen molar-refractivity contribution in [3.8, 4) is 0 Å². The Morgan fingerprint density at radius 2 is 1.47 bits per heavy atom. The van der Waals surface area contributed by atoms with Gasteiger partial charge in [-0.2, -0.15) is 9.97 Å². The molecule has 0 spiro atoms. The topological polar surface area (TPSA) is 284 Å². The number of benzene rings is 1. The number of aromatic nitrogens is 5. The molecule has 26 heteroatoms. The fraction of sp³-hybridized carbons (Fsp3) is 0.705. The third kappa shape index (κ3) is 23.8. The minimum Gasteiger partial charge on any atom is -0.393 e. The van der Waals surface area contributed by atoms with Crippen molar-refractivity contribution < 1.29 is 67.0 Å². The Labute approximate surface area is 422 Å². The molecule has 0 bridgehead atoms. The van der Waals surface area contributed by atoms with Gasteiger partial charge in [0, 0.05) is 38.0 Å². The van der Waals surface area contributed by atoms with Crippen molar-refractivity contribution in [3.63, 3.8) is 0 Å². The van der Waals surface area contributed by atoms with Crippen LogP contribution in [-0.4, -0.2) is 203 Å².